The Morgan fingerprint density at radius 2 is 1.83 bits per heavy atom. The molecule has 0 radical (unpaired) electrons. The Labute approximate surface area is 172 Å². The second-order valence-corrected chi connectivity index (χ2v) is 7.22. The van der Waals surface area contributed by atoms with Crippen molar-refractivity contribution in [1.82, 2.24) is 15.2 Å². The molecule has 1 aromatic heterocycles. The van der Waals surface area contributed by atoms with Crippen LogP contribution in [0, 0.1) is 0 Å². The molecule has 8 nitrogen and oxygen atoms in total. The quantitative estimate of drug-likeness (QED) is 0.686. The zero-order valence-corrected chi connectivity index (χ0v) is 16.2. The monoisotopic (exact) mass is 417 g/mol. The Morgan fingerprint density at radius 3 is 2.41 bits per heavy atom. The number of carbonyl (C=O) groups excluding carboxylic acids is 2. The zero-order chi connectivity index (χ0) is 21.0. The average Bonchev–Trinajstić information content (AvgIpc) is 2.72. The van der Waals surface area contributed by atoms with E-state index in [0.717, 1.165) is 5.56 Å². The second kappa shape index (κ2) is 8.91. The highest BCUT2D eigenvalue weighted by atomic mass is 35.5. The molecule has 1 aliphatic heterocycles. The van der Waals surface area contributed by atoms with E-state index in [1.54, 1.807) is 29.2 Å². The first-order valence-electron chi connectivity index (χ1n) is 9.09. The molecule has 29 heavy (non-hydrogen) atoms. The molecule has 0 aliphatic carbocycles. The summed E-state index contributed by atoms with van der Waals surface area (Å²) >= 11 is 5.86. The number of nitrogens with one attached hydrogen (secondary N) is 1. The van der Waals surface area contributed by atoms with Gasteiger partial charge >= 0.3 is 5.97 Å². The lowest BCUT2D eigenvalue weighted by Crippen LogP contribution is -2.38. The number of carbonyl (C=O) groups is 3. The van der Waals surface area contributed by atoms with Gasteiger partial charge in [-0.3, -0.25) is 14.4 Å². The van der Waals surface area contributed by atoms with E-state index in [2.05, 4.69) is 10.3 Å². The van der Waals surface area contributed by atoms with Crippen LogP contribution in [0.25, 0.3) is 0 Å². The molecule has 152 valence electrons. The Morgan fingerprint density at radius 1 is 1.17 bits per heavy atom. The highest BCUT2D eigenvalue weighted by Crippen LogP contribution is 2.31. The number of rotatable bonds is 5. The number of hydrogen-bond acceptors (Lipinski definition) is 5. The van der Waals surface area contributed by atoms with Gasteiger partial charge in [0, 0.05) is 29.9 Å². The van der Waals surface area contributed by atoms with Gasteiger partial charge in [-0.2, -0.15) is 0 Å². The number of aromatic hydroxyl groups is 1. The van der Waals surface area contributed by atoms with Crippen LogP contribution < -0.4 is 5.32 Å². The maximum absolute atomic E-state index is 12.6. The highest BCUT2D eigenvalue weighted by Gasteiger charge is 2.26. The first kappa shape index (κ1) is 20.6. The number of aliphatic carboxylic acids is 1. The summed E-state index contributed by atoms with van der Waals surface area (Å²) in [5, 5.41) is 21.5. The third-order valence-electron chi connectivity index (χ3n) is 4.85. The van der Waals surface area contributed by atoms with E-state index in [0.29, 0.717) is 36.5 Å². The van der Waals surface area contributed by atoms with E-state index < -0.39 is 18.4 Å². The van der Waals surface area contributed by atoms with Gasteiger partial charge in [0.25, 0.3) is 11.8 Å². The predicted octanol–water partition coefficient (Wildman–Crippen LogP) is 2.27. The molecule has 1 aliphatic rings. The van der Waals surface area contributed by atoms with Crippen molar-refractivity contribution in [1.29, 1.82) is 0 Å². The summed E-state index contributed by atoms with van der Waals surface area (Å²) in [7, 11) is 0. The lowest BCUT2D eigenvalue weighted by Gasteiger charge is -2.32. The van der Waals surface area contributed by atoms with Crippen LogP contribution in [0.5, 0.6) is 5.75 Å². The van der Waals surface area contributed by atoms with Gasteiger partial charge in [-0.05, 0) is 54.7 Å². The molecule has 0 bridgehead atoms. The number of carboxylic acid groups (broad SMARTS) is 1. The smallest absolute Gasteiger partial charge is 0.322 e. The van der Waals surface area contributed by atoms with E-state index in [4.69, 9.17) is 16.7 Å². The van der Waals surface area contributed by atoms with E-state index >= 15 is 0 Å². The van der Waals surface area contributed by atoms with Crippen LogP contribution in [0.4, 0.5) is 0 Å². The number of amides is 2. The van der Waals surface area contributed by atoms with Crippen molar-refractivity contribution in [2.75, 3.05) is 19.6 Å². The summed E-state index contributed by atoms with van der Waals surface area (Å²) in [4.78, 5) is 40.8. The fourth-order valence-corrected chi connectivity index (χ4v) is 3.42. The Kier molecular flexibility index (Phi) is 6.33. The van der Waals surface area contributed by atoms with Crippen LogP contribution in [0.1, 0.15) is 45.2 Å². The summed E-state index contributed by atoms with van der Waals surface area (Å²) in [5.41, 5.74) is 1.14. The lowest BCUT2D eigenvalue weighted by molar-refractivity contribution is -0.135. The molecule has 2 heterocycles. The number of benzene rings is 1. The van der Waals surface area contributed by atoms with Gasteiger partial charge in [0.15, 0.2) is 5.69 Å². The molecule has 1 saturated heterocycles. The average molecular weight is 418 g/mol. The fourth-order valence-electron chi connectivity index (χ4n) is 3.30. The molecule has 0 spiro atoms. The highest BCUT2D eigenvalue weighted by molar-refractivity contribution is 6.30. The molecular formula is C20H20ClN3O5. The number of carboxylic acids is 1. The summed E-state index contributed by atoms with van der Waals surface area (Å²) in [6, 6.07) is 8.25. The molecule has 3 N–H and O–H groups in total. The number of likely N-dealkylation sites (tertiary alicyclic amines) is 1. The van der Waals surface area contributed by atoms with Gasteiger partial charge in [0.05, 0.1) is 0 Å². The Bertz CT molecular complexity index is 924. The first-order valence-corrected chi connectivity index (χ1v) is 9.46. The number of nitrogens with zero attached hydrogens (tertiary/aromatic N) is 2. The van der Waals surface area contributed by atoms with Crippen LogP contribution in [-0.2, 0) is 4.79 Å². The first-order chi connectivity index (χ1) is 13.8. The van der Waals surface area contributed by atoms with Crippen molar-refractivity contribution in [2.45, 2.75) is 18.8 Å². The van der Waals surface area contributed by atoms with Crippen molar-refractivity contribution < 1.29 is 24.6 Å². The lowest BCUT2D eigenvalue weighted by atomic mass is 9.90. The number of aromatic nitrogens is 1. The Balaban J connectivity index is 1.61. The maximum atomic E-state index is 12.6. The second-order valence-electron chi connectivity index (χ2n) is 6.79. The van der Waals surface area contributed by atoms with Crippen molar-refractivity contribution in [3.63, 3.8) is 0 Å². The van der Waals surface area contributed by atoms with Gasteiger partial charge < -0.3 is 20.4 Å². The van der Waals surface area contributed by atoms with Gasteiger partial charge in [-0.25, -0.2) is 4.98 Å². The third kappa shape index (κ3) is 5.03. The standard InChI is InChI=1S/C20H20ClN3O5/c21-15-3-1-13(2-4-15)20(29)24-7-5-12(6-8-24)14-9-16(25)18(22-10-14)19(28)23-11-17(26)27/h1-4,9-10,12,25H,5-8,11H2,(H,23,28)(H,26,27). The number of hydrogen-bond donors (Lipinski definition) is 3. The van der Waals surface area contributed by atoms with Crippen LogP contribution in [0.3, 0.4) is 0 Å². The molecule has 0 atom stereocenters. The third-order valence-corrected chi connectivity index (χ3v) is 5.10. The largest absolute Gasteiger partial charge is 0.505 e. The van der Waals surface area contributed by atoms with Gasteiger partial charge in [0.2, 0.25) is 0 Å². The molecule has 1 fully saturated rings. The van der Waals surface area contributed by atoms with Gasteiger partial charge in [-0.15, -0.1) is 0 Å². The molecule has 3 rings (SSSR count). The number of pyridine rings is 1. The van der Waals surface area contributed by atoms with Crippen molar-refractivity contribution in [3.8, 4) is 5.75 Å². The molecular weight excluding hydrogens is 398 g/mol. The molecule has 2 amide bonds. The minimum Gasteiger partial charge on any atom is -0.505 e. The summed E-state index contributed by atoms with van der Waals surface area (Å²) in [6.45, 7) is 0.573. The van der Waals surface area contributed by atoms with Crippen LogP contribution >= 0.6 is 11.6 Å². The normalized spacial score (nSPS) is 14.4. The minimum atomic E-state index is -1.19. The van der Waals surface area contributed by atoms with Crippen molar-refractivity contribution in [3.05, 3.63) is 58.4 Å². The topological polar surface area (TPSA) is 120 Å². The van der Waals surface area contributed by atoms with Crippen LogP contribution in [0.2, 0.25) is 5.02 Å². The Hall–Kier alpha value is -3.13. The maximum Gasteiger partial charge on any atom is 0.322 e. The summed E-state index contributed by atoms with van der Waals surface area (Å²) in [5.74, 6) is -2.19. The molecule has 2 aromatic rings. The minimum absolute atomic E-state index is 0.0495. The van der Waals surface area contributed by atoms with E-state index in [9.17, 15) is 19.5 Å². The van der Waals surface area contributed by atoms with E-state index in [-0.39, 0.29) is 23.3 Å². The number of halogens is 1. The van der Waals surface area contributed by atoms with E-state index in [1.165, 1.54) is 12.3 Å². The van der Waals surface area contributed by atoms with E-state index in [1.807, 2.05) is 0 Å². The van der Waals surface area contributed by atoms with Crippen molar-refractivity contribution >= 4 is 29.4 Å². The SMILES string of the molecule is O=C(O)CNC(=O)c1ncc(C2CCN(C(=O)c3ccc(Cl)cc3)CC2)cc1O. The molecule has 1 aromatic carbocycles. The summed E-state index contributed by atoms with van der Waals surface area (Å²) < 4.78 is 0. The summed E-state index contributed by atoms with van der Waals surface area (Å²) in [6.07, 6.45) is 2.91. The molecule has 0 saturated carbocycles. The van der Waals surface area contributed by atoms with Gasteiger partial charge in [0.1, 0.15) is 12.3 Å². The predicted molar refractivity (Wildman–Crippen MR) is 105 cm³/mol. The molecule has 0 unspecified atom stereocenters. The van der Waals surface area contributed by atoms with Crippen LogP contribution in [0.15, 0.2) is 36.5 Å². The molecule has 9 heteroatoms. The van der Waals surface area contributed by atoms with Crippen molar-refractivity contribution in [2.24, 2.45) is 0 Å². The van der Waals surface area contributed by atoms with Gasteiger partial charge in [-0.1, -0.05) is 11.6 Å². The fraction of sp³-hybridized carbons (Fsp3) is 0.300. The zero-order valence-electron chi connectivity index (χ0n) is 15.5. The number of piperidine rings is 1. The van der Waals surface area contributed by atoms with Crippen LogP contribution in [-0.4, -0.2) is 57.5 Å².